The maximum atomic E-state index is 11.7. The van der Waals surface area contributed by atoms with Crippen molar-refractivity contribution in [3.05, 3.63) is 59.7 Å². The first-order valence-electron chi connectivity index (χ1n) is 6.78. The molecule has 0 fully saturated rings. The fourth-order valence-corrected chi connectivity index (χ4v) is 2.74. The van der Waals surface area contributed by atoms with Gasteiger partial charge in [-0.3, -0.25) is 0 Å². The zero-order chi connectivity index (χ0) is 15.7. The molecule has 0 N–H and O–H groups in total. The normalized spacial score (nSPS) is 16.3. The maximum absolute atomic E-state index is 11.7. The van der Waals surface area contributed by atoms with Gasteiger partial charge in [0.1, 0.15) is 0 Å². The third-order valence-corrected chi connectivity index (χ3v) is 3.70. The zero-order valence-corrected chi connectivity index (χ0v) is 12.3. The number of allylic oxidation sites excluding steroid dienone is 2. The van der Waals surface area contributed by atoms with Crippen LogP contribution in [0.3, 0.4) is 0 Å². The second kappa shape index (κ2) is 5.48. The molecule has 0 heterocycles. The lowest BCUT2D eigenvalue weighted by Crippen LogP contribution is -1.99. The number of hydrogen-bond donors (Lipinski definition) is 0. The van der Waals surface area contributed by atoms with Gasteiger partial charge in [0.15, 0.2) is 0 Å². The fourth-order valence-electron chi connectivity index (χ4n) is 2.74. The van der Waals surface area contributed by atoms with Crippen molar-refractivity contribution < 1.29 is 19.1 Å². The smallest absolute Gasteiger partial charge is 0.331 e. The Hall–Kier alpha value is -2.88. The first-order valence-corrected chi connectivity index (χ1v) is 6.78. The molecule has 0 aliphatic heterocycles. The minimum absolute atomic E-state index is 0.462. The number of methoxy groups -OCH3 is 2. The summed E-state index contributed by atoms with van der Waals surface area (Å²) < 4.78 is 9.46. The molecule has 22 heavy (non-hydrogen) atoms. The first kappa shape index (κ1) is 14.1. The van der Waals surface area contributed by atoms with Gasteiger partial charge in [-0.1, -0.05) is 36.4 Å². The van der Waals surface area contributed by atoms with Crippen molar-refractivity contribution >= 4 is 33.9 Å². The van der Waals surface area contributed by atoms with E-state index in [0.29, 0.717) is 11.1 Å². The van der Waals surface area contributed by atoms with E-state index >= 15 is 0 Å². The van der Waals surface area contributed by atoms with Crippen molar-refractivity contribution in [3.8, 4) is 0 Å². The highest BCUT2D eigenvalue weighted by atomic mass is 16.5. The van der Waals surface area contributed by atoms with Crippen LogP contribution in [0.1, 0.15) is 11.1 Å². The molecular formula is C18H14O4. The van der Waals surface area contributed by atoms with Crippen LogP contribution in [0, 0.1) is 0 Å². The number of rotatable bonds is 2. The molecule has 1 aliphatic carbocycles. The molecule has 0 saturated carbocycles. The van der Waals surface area contributed by atoms with Crippen molar-refractivity contribution in [3.63, 3.8) is 0 Å². The van der Waals surface area contributed by atoms with Crippen LogP contribution in [0.2, 0.25) is 0 Å². The average molecular weight is 294 g/mol. The summed E-state index contributed by atoms with van der Waals surface area (Å²) in [5.41, 5.74) is 3.16. The maximum Gasteiger partial charge on any atom is 0.331 e. The Labute approximate surface area is 127 Å². The summed E-state index contributed by atoms with van der Waals surface area (Å²) in [6.07, 6.45) is 2.81. The van der Waals surface area contributed by atoms with Crippen LogP contribution in [0.25, 0.3) is 21.9 Å². The summed E-state index contributed by atoms with van der Waals surface area (Å²) in [6.45, 7) is 0. The van der Waals surface area contributed by atoms with E-state index in [2.05, 4.69) is 0 Å². The summed E-state index contributed by atoms with van der Waals surface area (Å²) in [5, 5.41) is 2.08. The lowest BCUT2D eigenvalue weighted by molar-refractivity contribution is -0.135. The van der Waals surface area contributed by atoms with Crippen LogP contribution in [0.5, 0.6) is 0 Å². The van der Waals surface area contributed by atoms with Crippen LogP contribution >= 0.6 is 0 Å². The third-order valence-electron chi connectivity index (χ3n) is 3.70. The molecule has 3 rings (SSSR count). The molecule has 110 valence electrons. The molecule has 1 aliphatic rings. The van der Waals surface area contributed by atoms with Gasteiger partial charge in [-0.15, -0.1) is 0 Å². The third kappa shape index (κ3) is 2.19. The summed E-state index contributed by atoms with van der Waals surface area (Å²) in [5.74, 6) is -0.925. The Morgan fingerprint density at radius 2 is 1.27 bits per heavy atom. The molecule has 2 aromatic rings. The molecule has 2 aromatic carbocycles. The first-order chi connectivity index (χ1) is 10.7. The molecule has 0 radical (unpaired) electrons. The predicted octanol–water partition coefficient (Wildman–Crippen LogP) is 2.97. The minimum Gasteiger partial charge on any atom is -0.466 e. The fraction of sp³-hybridized carbons (Fsp3) is 0.111. The van der Waals surface area contributed by atoms with Crippen molar-refractivity contribution in [2.75, 3.05) is 14.2 Å². The van der Waals surface area contributed by atoms with Gasteiger partial charge in [0.05, 0.1) is 14.2 Å². The molecule has 0 amide bonds. The number of benzene rings is 2. The van der Waals surface area contributed by atoms with Crippen LogP contribution in [0.4, 0.5) is 0 Å². The molecule has 4 nitrogen and oxygen atoms in total. The predicted molar refractivity (Wildman–Crippen MR) is 83.9 cm³/mol. The molecule has 0 atom stereocenters. The zero-order valence-electron chi connectivity index (χ0n) is 12.3. The number of esters is 2. The van der Waals surface area contributed by atoms with E-state index in [0.717, 1.165) is 21.9 Å². The molecule has 0 unspecified atom stereocenters. The molecular weight excluding hydrogens is 280 g/mol. The highest BCUT2D eigenvalue weighted by molar-refractivity contribution is 6.26. The van der Waals surface area contributed by atoms with E-state index in [1.807, 2.05) is 36.4 Å². The quantitative estimate of drug-likeness (QED) is 0.631. The van der Waals surface area contributed by atoms with Gasteiger partial charge in [0.25, 0.3) is 0 Å². The van der Waals surface area contributed by atoms with Gasteiger partial charge >= 0.3 is 11.9 Å². The highest BCUT2D eigenvalue weighted by Crippen LogP contribution is 2.45. The van der Waals surface area contributed by atoms with Crippen LogP contribution in [0.15, 0.2) is 48.6 Å². The second-order valence-electron chi connectivity index (χ2n) is 4.87. The highest BCUT2D eigenvalue weighted by Gasteiger charge is 2.25. The van der Waals surface area contributed by atoms with E-state index in [4.69, 9.17) is 9.47 Å². The summed E-state index contributed by atoms with van der Waals surface area (Å²) in [7, 11) is 2.65. The number of ether oxygens (including phenoxy) is 2. The Balaban J connectivity index is 2.32. The van der Waals surface area contributed by atoms with Gasteiger partial charge < -0.3 is 9.47 Å². The molecule has 0 saturated heterocycles. The summed E-state index contributed by atoms with van der Waals surface area (Å²) >= 11 is 0. The van der Waals surface area contributed by atoms with Gasteiger partial charge in [-0.05, 0) is 33.0 Å². The van der Waals surface area contributed by atoms with Gasteiger partial charge in [0, 0.05) is 12.2 Å². The summed E-state index contributed by atoms with van der Waals surface area (Å²) in [4.78, 5) is 23.4. The van der Waals surface area contributed by atoms with E-state index in [1.54, 1.807) is 0 Å². The van der Waals surface area contributed by atoms with Crippen molar-refractivity contribution in [1.82, 2.24) is 0 Å². The molecule has 0 aromatic heterocycles. The SMILES string of the molecule is COC(=O)C=C1C(=CC(=O)OC)c2cccc3cccc1c23. The molecule has 4 heteroatoms. The Bertz CT molecular complexity index is 777. The van der Waals surface area contributed by atoms with E-state index < -0.39 is 11.9 Å². The van der Waals surface area contributed by atoms with Crippen LogP contribution < -0.4 is 0 Å². The van der Waals surface area contributed by atoms with Crippen molar-refractivity contribution in [2.45, 2.75) is 0 Å². The lowest BCUT2D eigenvalue weighted by atomic mass is 10.0. The minimum atomic E-state index is -0.462. The van der Waals surface area contributed by atoms with Crippen molar-refractivity contribution in [2.24, 2.45) is 0 Å². The average Bonchev–Trinajstić information content (AvgIpc) is 2.83. The molecule has 0 spiro atoms. The Morgan fingerprint density at radius 3 is 1.68 bits per heavy atom. The van der Waals surface area contributed by atoms with E-state index in [-0.39, 0.29) is 0 Å². The number of hydrogen-bond acceptors (Lipinski definition) is 4. The van der Waals surface area contributed by atoms with Crippen LogP contribution in [-0.4, -0.2) is 26.2 Å². The van der Waals surface area contributed by atoms with E-state index in [9.17, 15) is 9.59 Å². The Morgan fingerprint density at radius 1 is 0.818 bits per heavy atom. The lowest BCUT2D eigenvalue weighted by Gasteiger charge is -2.04. The van der Waals surface area contributed by atoms with E-state index in [1.165, 1.54) is 26.4 Å². The Kier molecular flexibility index (Phi) is 3.51. The topological polar surface area (TPSA) is 52.6 Å². The molecule has 0 bridgehead atoms. The standard InChI is InChI=1S/C18H14O4/c1-21-16(19)9-14-12-7-3-5-11-6-4-8-13(18(11)12)15(14)10-17(20)22-2/h3-10H,1-2H3. The van der Waals surface area contributed by atoms with Gasteiger partial charge in [-0.25, -0.2) is 9.59 Å². The van der Waals surface area contributed by atoms with Gasteiger partial charge in [0.2, 0.25) is 0 Å². The second-order valence-corrected chi connectivity index (χ2v) is 4.87. The van der Waals surface area contributed by atoms with Crippen LogP contribution in [-0.2, 0) is 19.1 Å². The summed E-state index contributed by atoms with van der Waals surface area (Å²) in [6, 6.07) is 11.7. The number of carbonyl (C=O) groups is 2. The number of carbonyl (C=O) groups excluding carboxylic acids is 2. The van der Waals surface area contributed by atoms with Gasteiger partial charge in [-0.2, -0.15) is 0 Å². The van der Waals surface area contributed by atoms with Crippen molar-refractivity contribution in [1.29, 1.82) is 0 Å². The largest absolute Gasteiger partial charge is 0.466 e. The monoisotopic (exact) mass is 294 g/mol.